The number of nitrogens with zero attached hydrogens (tertiary/aromatic N) is 3. The highest BCUT2D eigenvalue weighted by atomic mass is 16.6. The molecule has 0 aliphatic carbocycles. The van der Waals surface area contributed by atoms with Crippen LogP contribution in [0.2, 0.25) is 0 Å². The van der Waals surface area contributed by atoms with E-state index < -0.39 is 5.41 Å². The summed E-state index contributed by atoms with van der Waals surface area (Å²) in [6.45, 7) is 9.87. The molecule has 0 saturated carbocycles. The number of nitro benzene ring substituents is 1. The van der Waals surface area contributed by atoms with Gasteiger partial charge in [-0.25, -0.2) is 0 Å². The number of anilines is 1. The Morgan fingerprint density at radius 2 is 1.66 bits per heavy atom. The summed E-state index contributed by atoms with van der Waals surface area (Å²) in [4.78, 5) is 13.5. The fraction of sp³-hybridized carbons (Fsp3) is 0.281. The maximum absolute atomic E-state index is 11.5. The number of hydrogen-bond acceptors (Lipinski definition) is 4. The molecule has 0 aromatic heterocycles. The van der Waals surface area contributed by atoms with Gasteiger partial charge >= 0.3 is 0 Å². The molecule has 0 N–H and O–H groups in total. The summed E-state index contributed by atoms with van der Waals surface area (Å²) in [5.41, 5.74) is 6.36. The second-order valence-corrected chi connectivity index (χ2v) is 10.9. The topological polar surface area (TPSA) is 58.6 Å². The summed E-state index contributed by atoms with van der Waals surface area (Å²) in [7, 11) is 2.11. The lowest BCUT2D eigenvalue weighted by molar-refractivity contribution is -0.401. The van der Waals surface area contributed by atoms with E-state index in [2.05, 4.69) is 86.7 Å². The van der Waals surface area contributed by atoms with Crippen LogP contribution in [0.4, 0.5) is 17.1 Å². The van der Waals surface area contributed by atoms with Crippen LogP contribution in [0.5, 0.6) is 5.75 Å². The lowest BCUT2D eigenvalue weighted by Gasteiger charge is -2.27. The average Bonchev–Trinajstić information content (AvgIpc) is 3.23. The number of non-ortho nitro benzene ring substituents is 1. The number of ether oxygens (including phenoxy) is 1. The molecule has 2 aliphatic rings. The fourth-order valence-electron chi connectivity index (χ4n) is 5.82. The van der Waals surface area contributed by atoms with Crippen LogP contribution in [0.3, 0.4) is 0 Å². The SMILES string of the molecule is C[N+]1=C(C=CC=C2N(CCOc3ccccc3)c3ccc([N+](=O)[O-])cc3C2(C)C)C(C)(C)c2ccccc21. The third-order valence-electron chi connectivity index (χ3n) is 7.86. The molecule has 38 heavy (non-hydrogen) atoms. The van der Waals surface area contributed by atoms with Crippen molar-refractivity contribution in [3.8, 4) is 5.75 Å². The minimum Gasteiger partial charge on any atom is -0.492 e. The summed E-state index contributed by atoms with van der Waals surface area (Å²) in [5, 5.41) is 11.5. The molecule has 3 aromatic rings. The maximum atomic E-state index is 11.5. The highest BCUT2D eigenvalue weighted by molar-refractivity contribution is 6.03. The molecule has 2 heterocycles. The van der Waals surface area contributed by atoms with Crippen molar-refractivity contribution >= 4 is 22.8 Å². The van der Waals surface area contributed by atoms with Gasteiger partial charge in [0.2, 0.25) is 5.69 Å². The van der Waals surface area contributed by atoms with E-state index in [-0.39, 0.29) is 16.0 Å². The van der Waals surface area contributed by atoms with Crippen LogP contribution < -0.4 is 9.64 Å². The summed E-state index contributed by atoms with van der Waals surface area (Å²) in [6.07, 6.45) is 6.45. The van der Waals surface area contributed by atoms with E-state index in [0.717, 1.165) is 22.7 Å². The lowest BCUT2D eigenvalue weighted by atomic mass is 9.81. The molecule has 0 atom stereocenters. The van der Waals surface area contributed by atoms with Crippen LogP contribution in [0, 0.1) is 10.1 Å². The fourth-order valence-corrected chi connectivity index (χ4v) is 5.82. The van der Waals surface area contributed by atoms with E-state index in [4.69, 9.17) is 4.74 Å². The smallest absolute Gasteiger partial charge is 0.269 e. The van der Waals surface area contributed by atoms with Gasteiger partial charge in [-0.05, 0) is 43.7 Å². The van der Waals surface area contributed by atoms with Crippen molar-refractivity contribution in [2.75, 3.05) is 25.1 Å². The first-order valence-corrected chi connectivity index (χ1v) is 13.0. The van der Waals surface area contributed by atoms with Crippen molar-refractivity contribution in [1.82, 2.24) is 0 Å². The van der Waals surface area contributed by atoms with Gasteiger partial charge in [-0.3, -0.25) is 10.1 Å². The standard InChI is InChI=1S/C32H34N3O3/c1-31(2)25-14-9-10-15-27(25)33(5)29(31)16-11-17-30-32(3,4)26-22-23(35(36)37)18-19-28(26)34(30)20-21-38-24-12-7-6-8-13-24/h6-19,22H,20-21H2,1-5H3/q+1. The Morgan fingerprint density at radius 1 is 0.947 bits per heavy atom. The van der Waals surface area contributed by atoms with Crippen molar-refractivity contribution in [2.45, 2.75) is 38.5 Å². The molecule has 0 bridgehead atoms. The van der Waals surface area contributed by atoms with Crippen molar-refractivity contribution in [3.05, 3.63) is 118 Å². The van der Waals surface area contributed by atoms with Crippen LogP contribution in [0.25, 0.3) is 0 Å². The quantitative estimate of drug-likeness (QED) is 0.198. The third kappa shape index (κ3) is 4.30. The molecule has 3 aromatic carbocycles. The summed E-state index contributed by atoms with van der Waals surface area (Å²) in [5.74, 6) is 0.822. The number of fused-ring (bicyclic) bond motifs is 2. The molecule has 0 spiro atoms. The predicted molar refractivity (Wildman–Crippen MR) is 153 cm³/mol. The van der Waals surface area contributed by atoms with Crippen LogP contribution in [-0.2, 0) is 10.8 Å². The molecule has 5 rings (SSSR count). The number of benzene rings is 3. The molecule has 0 amide bonds. The molecule has 6 heteroatoms. The number of allylic oxidation sites excluding steroid dienone is 4. The normalized spacial score (nSPS) is 18.2. The minimum absolute atomic E-state index is 0.108. The van der Waals surface area contributed by atoms with Gasteiger partial charge in [-0.1, -0.05) is 56.3 Å². The zero-order valence-electron chi connectivity index (χ0n) is 22.6. The molecular formula is C32H34N3O3+. The largest absolute Gasteiger partial charge is 0.492 e. The van der Waals surface area contributed by atoms with E-state index in [1.165, 1.54) is 17.0 Å². The third-order valence-corrected chi connectivity index (χ3v) is 7.86. The predicted octanol–water partition coefficient (Wildman–Crippen LogP) is 6.92. The second-order valence-electron chi connectivity index (χ2n) is 10.9. The molecular weight excluding hydrogens is 474 g/mol. The van der Waals surface area contributed by atoms with Crippen molar-refractivity contribution in [3.63, 3.8) is 0 Å². The second kappa shape index (κ2) is 9.60. The molecule has 6 nitrogen and oxygen atoms in total. The molecule has 0 fully saturated rings. The zero-order valence-corrected chi connectivity index (χ0v) is 22.6. The first-order valence-electron chi connectivity index (χ1n) is 13.0. The van der Waals surface area contributed by atoms with Gasteiger partial charge < -0.3 is 9.64 Å². The van der Waals surface area contributed by atoms with Gasteiger partial charge in [0.1, 0.15) is 19.4 Å². The summed E-state index contributed by atoms with van der Waals surface area (Å²) in [6, 6.07) is 23.5. The Hall–Kier alpha value is -4.19. The monoisotopic (exact) mass is 508 g/mol. The Balaban J connectivity index is 1.49. The van der Waals surface area contributed by atoms with Gasteiger partial charge in [0.25, 0.3) is 5.69 Å². The Labute approximate surface area is 224 Å². The van der Waals surface area contributed by atoms with Crippen LogP contribution >= 0.6 is 0 Å². The van der Waals surface area contributed by atoms with E-state index in [0.29, 0.717) is 13.2 Å². The van der Waals surface area contributed by atoms with Gasteiger partial charge in [-0.2, -0.15) is 4.58 Å². The molecule has 0 saturated heterocycles. The van der Waals surface area contributed by atoms with Crippen molar-refractivity contribution in [1.29, 1.82) is 0 Å². The lowest BCUT2D eigenvalue weighted by Crippen LogP contribution is -2.30. The number of nitro groups is 1. The van der Waals surface area contributed by atoms with Crippen molar-refractivity contribution < 1.29 is 14.2 Å². The molecule has 0 unspecified atom stereocenters. The highest BCUT2D eigenvalue weighted by Crippen LogP contribution is 2.49. The number of rotatable bonds is 7. The van der Waals surface area contributed by atoms with Crippen LogP contribution in [0.15, 0.2) is 96.7 Å². The summed E-state index contributed by atoms with van der Waals surface area (Å²) >= 11 is 0. The van der Waals surface area contributed by atoms with Gasteiger partial charge in [0.05, 0.1) is 16.9 Å². The van der Waals surface area contributed by atoms with Gasteiger partial charge in [0.15, 0.2) is 5.71 Å². The van der Waals surface area contributed by atoms with Crippen LogP contribution in [0.1, 0.15) is 38.8 Å². The van der Waals surface area contributed by atoms with E-state index in [1.54, 1.807) is 12.1 Å². The molecule has 194 valence electrons. The highest BCUT2D eigenvalue weighted by Gasteiger charge is 2.43. The zero-order chi connectivity index (χ0) is 27.1. The Kier molecular flexibility index (Phi) is 6.43. The first kappa shape index (κ1) is 25.5. The van der Waals surface area contributed by atoms with Gasteiger partial charge in [-0.15, -0.1) is 0 Å². The molecule has 2 aliphatic heterocycles. The van der Waals surface area contributed by atoms with Gasteiger partial charge in [0, 0.05) is 46.6 Å². The summed E-state index contributed by atoms with van der Waals surface area (Å²) < 4.78 is 8.28. The number of para-hydroxylation sites is 2. The number of hydrogen-bond donors (Lipinski definition) is 0. The van der Waals surface area contributed by atoms with E-state index in [9.17, 15) is 10.1 Å². The minimum atomic E-state index is -0.414. The maximum Gasteiger partial charge on any atom is 0.269 e. The average molecular weight is 509 g/mol. The van der Waals surface area contributed by atoms with E-state index in [1.807, 2.05) is 36.4 Å². The van der Waals surface area contributed by atoms with Crippen molar-refractivity contribution in [2.24, 2.45) is 0 Å². The van der Waals surface area contributed by atoms with Crippen LogP contribution in [-0.4, -0.2) is 35.4 Å². The first-order chi connectivity index (χ1) is 18.1. The van der Waals surface area contributed by atoms with E-state index >= 15 is 0 Å². The Bertz CT molecular complexity index is 1480. The Morgan fingerprint density at radius 3 is 2.37 bits per heavy atom. The molecule has 0 radical (unpaired) electrons.